The number of rotatable bonds is 5. The van der Waals surface area contributed by atoms with Gasteiger partial charge in [-0.25, -0.2) is 8.42 Å². The molecule has 0 radical (unpaired) electrons. The van der Waals surface area contributed by atoms with Gasteiger partial charge < -0.3 is 15.4 Å². The molecule has 2 aliphatic rings. The Labute approximate surface area is 131 Å². The molecule has 2 saturated heterocycles. The fraction of sp³-hybridized carbons (Fsp3) is 0.583. The SMILES string of the molecule is C[C@]1(Cn2cc[n+](CC(N)=O)n2)[C@H](C=O)N2C(=O)CC2S1(=O)=O. The number of amides is 2. The number of aromatic nitrogens is 3. The minimum atomic E-state index is -3.72. The number of aldehydes is 1. The second kappa shape index (κ2) is 4.85. The third-order valence-electron chi connectivity index (χ3n) is 4.44. The van der Waals surface area contributed by atoms with Gasteiger partial charge in [0.05, 0.1) is 11.6 Å². The van der Waals surface area contributed by atoms with E-state index in [0.717, 1.165) is 4.90 Å². The van der Waals surface area contributed by atoms with Crippen molar-refractivity contribution in [3.05, 3.63) is 12.4 Å². The van der Waals surface area contributed by atoms with Gasteiger partial charge >= 0.3 is 0 Å². The van der Waals surface area contributed by atoms with Crippen LogP contribution >= 0.6 is 0 Å². The van der Waals surface area contributed by atoms with E-state index in [9.17, 15) is 22.8 Å². The van der Waals surface area contributed by atoms with Crippen molar-refractivity contribution in [2.24, 2.45) is 5.73 Å². The van der Waals surface area contributed by atoms with E-state index in [1.807, 2.05) is 0 Å². The molecule has 2 N–H and O–H groups in total. The number of carbonyl (C=O) groups excluding carboxylic acids is 3. The monoisotopic (exact) mass is 342 g/mol. The Bertz CT molecular complexity index is 803. The molecule has 0 bridgehead atoms. The van der Waals surface area contributed by atoms with Crippen LogP contribution < -0.4 is 10.4 Å². The molecule has 2 fully saturated rings. The van der Waals surface area contributed by atoms with Gasteiger partial charge in [-0.3, -0.25) is 9.59 Å². The Morgan fingerprint density at radius 2 is 2.30 bits per heavy atom. The maximum absolute atomic E-state index is 12.7. The molecular weight excluding hydrogens is 326 g/mol. The lowest BCUT2D eigenvalue weighted by Crippen LogP contribution is -2.55. The second-order valence-electron chi connectivity index (χ2n) is 5.95. The first kappa shape index (κ1) is 15.6. The highest BCUT2D eigenvalue weighted by molar-refractivity contribution is 7.93. The van der Waals surface area contributed by atoms with Crippen LogP contribution in [0, 0.1) is 0 Å². The summed E-state index contributed by atoms with van der Waals surface area (Å²) in [5.41, 5.74) is 5.07. The van der Waals surface area contributed by atoms with Gasteiger partial charge in [0, 0.05) is 0 Å². The Hall–Kier alpha value is -2.30. The number of carbonyl (C=O) groups is 3. The van der Waals surface area contributed by atoms with Crippen LogP contribution in [0.3, 0.4) is 0 Å². The fourth-order valence-electron chi connectivity index (χ4n) is 3.17. The standard InChI is InChI=1S/C12H15N5O5S/c1-12(7-16-3-2-15(14-16)5-9(13)19)8(6-18)17-10(20)4-11(17)23(12,21)22/h2-3,6,8,11H,4-5,7H2,1H3,(H-,13,19)/p+1/t8-,11?,12-/m0/s1. The summed E-state index contributed by atoms with van der Waals surface area (Å²) in [5.74, 6) is -0.927. The predicted octanol–water partition coefficient (Wildman–Crippen LogP) is -3.03. The number of hydrogen-bond donors (Lipinski definition) is 1. The van der Waals surface area contributed by atoms with Crippen LogP contribution in [0.5, 0.6) is 0 Å². The summed E-state index contributed by atoms with van der Waals surface area (Å²) in [7, 11) is -3.72. The first-order valence-corrected chi connectivity index (χ1v) is 8.47. The van der Waals surface area contributed by atoms with Crippen LogP contribution in [0.2, 0.25) is 0 Å². The molecule has 0 saturated carbocycles. The molecule has 0 spiro atoms. The summed E-state index contributed by atoms with van der Waals surface area (Å²) >= 11 is 0. The summed E-state index contributed by atoms with van der Waals surface area (Å²) in [6.07, 6.45) is 3.37. The molecule has 124 valence electrons. The Balaban J connectivity index is 1.93. The van der Waals surface area contributed by atoms with Crippen LogP contribution in [0.1, 0.15) is 13.3 Å². The van der Waals surface area contributed by atoms with Gasteiger partial charge in [0.25, 0.3) is 5.91 Å². The predicted molar refractivity (Wildman–Crippen MR) is 74.0 cm³/mol. The van der Waals surface area contributed by atoms with Crippen molar-refractivity contribution in [3.8, 4) is 0 Å². The number of fused-ring (bicyclic) bond motifs is 1. The molecule has 1 unspecified atom stereocenters. The van der Waals surface area contributed by atoms with Crippen molar-refractivity contribution < 1.29 is 27.5 Å². The minimum absolute atomic E-state index is 0.0942. The third-order valence-corrected chi connectivity index (χ3v) is 7.22. The largest absolute Gasteiger partial charge is 0.366 e. The summed E-state index contributed by atoms with van der Waals surface area (Å²) in [6.45, 7) is 1.19. The van der Waals surface area contributed by atoms with E-state index >= 15 is 0 Å². The molecule has 3 atom stereocenters. The number of nitrogens with zero attached hydrogens (tertiary/aromatic N) is 4. The highest BCUT2D eigenvalue weighted by Gasteiger charge is 2.68. The van der Waals surface area contributed by atoms with Crippen molar-refractivity contribution in [2.45, 2.75) is 42.6 Å². The molecule has 1 aromatic rings. The van der Waals surface area contributed by atoms with Crippen LogP contribution in [0.15, 0.2) is 12.4 Å². The van der Waals surface area contributed by atoms with Crippen molar-refractivity contribution in [2.75, 3.05) is 0 Å². The van der Waals surface area contributed by atoms with E-state index < -0.39 is 31.9 Å². The van der Waals surface area contributed by atoms with E-state index in [-0.39, 0.29) is 25.4 Å². The summed E-state index contributed by atoms with van der Waals surface area (Å²) in [6, 6.07) is -1.05. The van der Waals surface area contributed by atoms with Gasteiger partial charge in [-0.2, -0.15) is 0 Å². The lowest BCUT2D eigenvalue weighted by Gasteiger charge is -2.35. The zero-order valence-corrected chi connectivity index (χ0v) is 13.1. The molecule has 10 nitrogen and oxygen atoms in total. The molecule has 2 aliphatic heterocycles. The first-order valence-electron chi connectivity index (χ1n) is 6.92. The molecule has 0 aromatic carbocycles. The number of sulfone groups is 1. The zero-order valence-electron chi connectivity index (χ0n) is 12.3. The van der Waals surface area contributed by atoms with Crippen molar-refractivity contribution in [1.29, 1.82) is 0 Å². The number of β-lactam (4-membered cyclic amide) rings is 1. The van der Waals surface area contributed by atoms with E-state index in [1.165, 1.54) is 28.7 Å². The normalized spacial score (nSPS) is 31.5. The van der Waals surface area contributed by atoms with Gasteiger partial charge in [0.15, 0.2) is 28.8 Å². The Morgan fingerprint density at radius 3 is 2.87 bits per heavy atom. The number of primary amides is 1. The van der Waals surface area contributed by atoms with Crippen LogP contribution in [-0.2, 0) is 37.3 Å². The quantitative estimate of drug-likeness (QED) is 0.343. The maximum atomic E-state index is 12.7. The molecular formula is C12H16N5O5S+. The van der Waals surface area contributed by atoms with Crippen molar-refractivity contribution in [3.63, 3.8) is 0 Å². The van der Waals surface area contributed by atoms with E-state index in [4.69, 9.17) is 5.73 Å². The van der Waals surface area contributed by atoms with Gasteiger partial charge in [-0.1, -0.05) is 0 Å². The van der Waals surface area contributed by atoms with Crippen LogP contribution in [-0.4, -0.2) is 57.5 Å². The van der Waals surface area contributed by atoms with Gasteiger partial charge in [0.2, 0.25) is 5.91 Å². The highest BCUT2D eigenvalue weighted by Crippen LogP contribution is 2.45. The Kier molecular flexibility index (Phi) is 3.29. The molecule has 2 amide bonds. The van der Waals surface area contributed by atoms with Crippen LogP contribution in [0.25, 0.3) is 0 Å². The zero-order chi connectivity index (χ0) is 17.0. The van der Waals surface area contributed by atoms with Gasteiger partial charge in [-0.05, 0) is 6.92 Å². The molecule has 3 heterocycles. The average molecular weight is 342 g/mol. The topological polar surface area (TPSA) is 136 Å². The van der Waals surface area contributed by atoms with E-state index in [2.05, 4.69) is 5.21 Å². The van der Waals surface area contributed by atoms with Crippen molar-refractivity contribution in [1.82, 2.24) is 14.8 Å². The van der Waals surface area contributed by atoms with E-state index in [0.29, 0.717) is 6.29 Å². The summed E-state index contributed by atoms with van der Waals surface area (Å²) in [5, 5.41) is 3.09. The lowest BCUT2D eigenvalue weighted by atomic mass is 9.97. The summed E-state index contributed by atoms with van der Waals surface area (Å²) < 4.78 is 26.5. The Morgan fingerprint density at radius 1 is 1.61 bits per heavy atom. The van der Waals surface area contributed by atoms with E-state index in [1.54, 1.807) is 0 Å². The highest BCUT2D eigenvalue weighted by atomic mass is 32.2. The van der Waals surface area contributed by atoms with Gasteiger partial charge in [0.1, 0.15) is 29.0 Å². The summed E-state index contributed by atoms with van der Waals surface area (Å²) in [4.78, 5) is 35.1. The first-order chi connectivity index (χ1) is 10.7. The molecule has 11 heteroatoms. The number of hydrogen-bond acceptors (Lipinski definition) is 6. The van der Waals surface area contributed by atoms with Gasteiger partial charge in [-0.15, -0.1) is 9.36 Å². The molecule has 23 heavy (non-hydrogen) atoms. The molecule has 3 rings (SSSR count). The second-order valence-corrected chi connectivity index (χ2v) is 8.51. The number of nitrogens with two attached hydrogens (primary N) is 1. The maximum Gasteiger partial charge on any atom is 0.261 e. The average Bonchev–Trinajstić information content (AvgIpc) is 2.91. The lowest BCUT2D eigenvalue weighted by molar-refractivity contribution is -0.743. The smallest absolute Gasteiger partial charge is 0.261 e. The van der Waals surface area contributed by atoms with Crippen molar-refractivity contribution >= 4 is 27.9 Å². The third kappa shape index (κ3) is 2.06. The molecule has 0 aliphatic carbocycles. The molecule has 1 aromatic heterocycles. The van der Waals surface area contributed by atoms with Crippen LogP contribution in [0.4, 0.5) is 0 Å². The fourth-order valence-corrected chi connectivity index (χ4v) is 5.52. The minimum Gasteiger partial charge on any atom is -0.366 e.